The van der Waals surface area contributed by atoms with E-state index in [1.54, 1.807) is 20.3 Å². The van der Waals surface area contributed by atoms with Crippen molar-refractivity contribution in [3.63, 3.8) is 0 Å². The number of fused-ring (bicyclic) bond motifs is 1. The van der Waals surface area contributed by atoms with Crippen LogP contribution in [-0.2, 0) is 11.3 Å². The third kappa shape index (κ3) is 3.64. The number of hydrogen-bond acceptors (Lipinski definition) is 6. The molecule has 2 heterocycles. The maximum Gasteiger partial charge on any atom is 0.338 e. The fraction of sp³-hybridized carbons (Fsp3) is 0.217. The number of rotatable bonds is 6. The lowest BCUT2D eigenvalue weighted by atomic mass is 10.1. The highest BCUT2D eigenvalue weighted by molar-refractivity contribution is 7.13. The topological polar surface area (TPSA) is 73.4 Å². The Hall–Kier alpha value is -3.32. The highest BCUT2D eigenvalue weighted by Gasteiger charge is 2.16. The van der Waals surface area contributed by atoms with Crippen molar-refractivity contribution in [1.82, 2.24) is 9.97 Å². The summed E-state index contributed by atoms with van der Waals surface area (Å²) in [5.41, 5.74) is 5.29. The fourth-order valence-electron chi connectivity index (χ4n) is 3.36. The monoisotopic (exact) mass is 422 g/mol. The van der Waals surface area contributed by atoms with E-state index in [0.29, 0.717) is 22.8 Å². The summed E-state index contributed by atoms with van der Waals surface area (Å²) >= 11 is 1.46. The highest BCUT2D eigenvalue weighted by atomic mass is 32.1. The Labute approximate surface area is 178 Å². The van der Waals surface area contributed by atoms with Crippen LogP contribution in [0.25, 0.3) is 21.5 Å². The van der Waals surface area contributed by atoms with E-state index >= 15 is 0 Å². The number of ether oxygens (including phenoxy) is 3. The molecule has 1 N–H and O–H groups in total. The normalized spacial score (nSPS) is 10.9. The van der Waals surface area contributed by atoms with E-state index in [-0.39, 0.29) is 12.6 Å². The van der Waals surface area contributed by atoms with Crippen LogP contribution < -0.4 is 9.47 Å². The molecule has 4 aromatic rings. The van der Waals surface area contributed by atoms with Crippen molar-refractivity contribution >= 4 is 28.2 Å². The fourth-order valence-corrected chi connectivity index (χ4v) is 4.19. The van der Waals surface area contributed by atoms with Crippen LogP contribution in [0.2, 0.25) is 0 Å². The summed E-state index contributed by atoms with van der Waals surface area (Å²) in [7, 11) is 3.20. The first-order valence-corrected chi connectivity index (χ1v) is 10.3. The molecule has 0 radical (unpaired) electrons. The van der Waals surface area contributed by atoms with Gasteiger partial charge in [-0.1, -0.05) is 6.07 Å². The average Bonchev–Trinajstić information content (AvgIpc) is 3.35. The number of esters is 1. The lowest BCUT2D eigenvalue weighted by Crippen LogP contribution is -2.05. The number of benzene rings is 2. The van der Waals surface area contributed by atoms with E-state index in [1.807, 2.05) is 49.6 Å². The third-order valence-corrected chi connectivity index (χ3v) is 6.00. The van der Waals surface area contributed by atoms with Crippen LogP contribution in [0, 0.1) is 13.8 Å². The van der Waals surface area contributed by atoms with E-state index in [9.17, 15) is 4.79 Å². The van der Waals surface area contributed by atoms with Gasteiger partial charge >= 0.3 is 5.97 Å². The minimum atomic E-state index is -0.372. The largest absolute Gasteiger partial charge is 0.493 e. The van der Waals surface area contributed by atoms with Crippen LogP contribution in [0.1, 0.15) is 27.3 Å². The van der Waals surface area contributed by atoms with E-state index in [1.165, 1.54) is 11.3 Å². The van der Waals surface area contributed by atoms with Crippen LogP contribution in [0.4, 0.5) is 0 Å². The Kier molecular flexibility index (Phi) is 5.46. The summed E-state index contributed by atoms with van der Waals surface area (Å²) in [6.07, 6.45) is 0. The number of H-pyrrole nitrogens is 1. The standard InChI is InChI=1S/C23H22N2O4S/c1-13-14(2)24-19-9-8-15(10-18(13)19)23(26)29-11-16-12-30-22(25-16)17-6-5-7-20(27-3)21(17)28-4/h5-10,12,24H,11H2,1-4H3. The number of aryl methyl sites for hydroxylation is 2. The van der Waals surface area contributed by atoms with Crippen molar-refractivity contribution in [3.05, 3.63) is 64.3 Å². The molecule has 0 aliphatic carbocycles. The number of aromatic nitrogens is 2. The van der Waals surface area contributed by atoms with Gasteiger partial charge in [0, 0.05) is 22.0 Å². The minimum Gasteiger partial charge on any atom is -0.493 e. The molecule has 0 unspecified atom stereocenters. The molecular weight excluding hydrogens is 400 g/mol. The number of carbonyl (C=O) groups excluding carboxylic acids is 1. The molecule has 0 bridgehead atoms. The van der Waals surface area contributed by atoms with E-state index in [2.05, 4.69) is 9.97 Å². The maximum absolute atomic E-state index is 12.5. The van der Waals surface area contributed by atoms with Gasteiger partial charge in [0.05, 0.1) is 31.0 Å². The quantitative estimate of drug-likeness (QED) is 0.428. The molecule has 0 fully saturated rings. The third-order valence-electron chi connectivity index (χ3n) is 5.08. The van der Waals surface area contributed by atoms with Gasteiger partial charge in [0.25, 0.3) is 0 Å². The summed E-state index contributed by atoms with van der Waals surface area (Å²) < 4.78 is 16.3. The van der Waals surface area contributed by atoms with E-state index < -0.39 is 0 Å². The predicted octanol–water partition coefficient (Wildman–Crippen LogP) is 5.28. The Morgan fingerprint density at radius 3 is 2.73 bits per heavy atom. The summed E-state index contributed by atoms with van der Waals surface area (Å²) in [6.45, 7) is 4.15. The molecule has 6 nitrogen and oxygen atoms in total. The summed E-state index contributed by atoms with van der Waals surface area (Å²) in [6, 6.07) is 11.2. The van der Waals surface area contributed by atoms with Crippen molar-refractivity contribution in [3.8, 4) is 22.1 Å². The zero-order valence-corrected chi connectivity index (χ0v) is 18.1. The minimum absolute atomic E-state index is 0.102. The van der Waals surface area contributed by atoms with Crippen molar-refractivity contribution in [1.29, 1.82) is 0 Å². The second-order valence-corrected chi connectivity index (χ2v) is 7.75. The number of hydrogen-bond donors (Lipinski definition) is 1. The first-order valence-electron chi connectivity index (χ1n) is 9.43. The predicted molar refractivity (Wildman–Crippen MR) is 118 cm³/mol. The zero-order valence-electron chi connectivity index (χ0n) is 17.2. The first-order chi connectivity index (χ1) is 14.5. The van der Waals surface area contributed by atoms with Crippen molar-refractivity contribution in [2.45, 2.75) is 20.5 Å². The summed E-state index contributed by atoms with van der Waals surface area (Å²) in [4.78, 5) is 20.5. The van der Waals surface area contributed by atoms with Crippen LogP contribution in [0.3, 0.4) is 0 Å². The number of aromatic amines is 1. The molecule has 2 aromatic carbocycles. The molecule has 30 heavy (non-hydrogen) atoms. The van der Waals surface area contributed by atoms with E-state index in [0.717, 1.165) is 32.7 Å². The number of thiazole rings is 1. The van der Waals surface area contributed by atoms with Gasteiger partial charge in [0.15, 0.2) is 11.5 Å². The second kappa shape index (κ2) is 8.20. The van der Waals surface area contributed by atoms with Gasteiger partial charge in [0.2, 0.25) is 0 Å². The Morgan fingerprint density at radius 2 is 1.97 bits per heavy atom. The maximum atomic E-state index is 12.5. The lowest BCUT2D eigenvalue weighted by molar-refractivity contribution is 0.0468. The number of carbonyl (C=O) groups is 1. The number of nitrogens with zero attached hydrogens (tertiary/aromatic N) is 1. The van der Waals surface area contributed by atoms with Crippen LogP contribution in [0.5, 0.6) is 11.5 Å². The average molecular weight is 423 g/mol. The molecule has 0 amide bonds. The molecule has 0 spiro atoms. The lowest BCUT2D eigenvalue weighted by Gasteiger charge is -2.10. The van der Waals surface area contributed by atoms with Crippen LogP contribution in [0.15, 0.2) is 41.8 Å². The van der Waals surface area contributed by atoms with E-state index in [4.69, 9.17) is 14.2 Å². The zero-order chi connectivity index (χ0) is 21.3. The van der Waals surface area contributed by atoms with Crippen molar-refractivity contribution < 1.29 is 19.0 Å². The molecule has 154 valence electrons. The van der Waals surface area contributed by atoms with Gasteiger partial charge in [-0.15, -0.1) is 11.3 Å². The second-order valence-electron chi connectivity index (χ2n) is 6.90. The molecule has 7 heteroatoms. The molecule has 4 rings (SSSR count). The van der Waals surface area contributed by atoms with Gasteiger partial charge in [0.1, 0.15) is 11.6 Å². The summed E-state index contributed by atoms with van der Waals surface area (Å²) in [5, 5.41) is 3.68. The molecule has 0 aliphatic heterocycles. The first kappa shape index (κ1) is 20.0. The SMILES string of the molecule is COc1cccc(-c2nc(COC(=O)c3ccc4[nH]c(C)c(C)c4c3)cs2)c1OC. The Morgan fingerprint density at radius 1 is 1.13 bits per heavy atom. The summed E-state index contributed by atoms with van der Waals surface area (Å²) in [5.74, 6) is 0.899. The smallest absolute Gasteiger partial charge is 0.338 e. The van der Waals surface area contributed by atoms with Gasteiger partial charge in [-0.05, 0) is 49.7 Å². The van der Waals surface area contributed by atoms with Gasteiger partial charge in [-0.2, -0.15) is 0 Å². The van der Waals surface area contributed by atoms with Crippen LogP contribution >= 0.6 is 11.3 Å². The van der Waals surface area contributed by atoms with Gasteiger partial charge in [-0.3, -0.25) is 0 Å². The molecule has 0 saturated carbocycles. The number of nitrogens with one attached hydrogen (secondary N) is 1. The number of methoxy groups -OCH3 is 2. The molecular formula is C23H22N2O4S. The molecule has 0 atom stereocenters. The molecule has 2 aromatic heterocycles. The van der Waals surface area contributed by atoms with Crippen LogP contribution in [-0.4, -0.2) is 30.2 Å². The Balaban J connectivity index is 1.50. The van der Waals surface area contributed by atoms with Crippen molar-refractivity contribution in [2.24, 2.45) is 0 Å². The van der Waals surface area contributed by atoms with Gasteiger partial charge < -0.3 is 19.2 Å². The van der Waals surface area contributed by atoms with Gasteiger partial charge in [-0.25, -0.2) is 9.78 Å². The highest BCUT2D eigenvalue weighted by Crippen LogP contribution is 2.39. The Bertz CT molecular complexity index is 1230. The van der Waals surface area contributed by atoms with Crippen molar-refractivity contribution in [2.75, 3.05) is 14.2 Å². The number of para-hydroxylation sites is 1. The molecule has 0 saturated heterocycles. The molecule has 0 aliphatic rings.